The van der Waals surface area contributed by atoms with Crippen LogP contribution in [0.2, 0.25) is 0 Å². The van der Waals surface area contributed by atoms with Gasteiger partial charge in [0.15, 0.2) is 0 Å². The van der Waals surface area contributed by atoms with Gasteiger partial charge in [-0.05, 0) is 67.3 Å². The fourth-order valence-corrected chi connectivity index (χ4v) is 4.95. The maximum atomic E-state index is 13.6. The van der Waals surface area contributed by atoms with Gasteiger partial charge in [0.1, 0.15) is 5.75 Å². The summed E-state index contributed by atoms with van der Waals surface area (Å²) in [5.74, 6) is 0.0270. The molecule has 0 unspecified atom stereocenters. The van der Waals surface area contributed by atoms with E-state index in [2.05, 4.69) is 10.00 Å². The Morgan fingerprint density at radius 1 is 0.941 bits per heavy atom. The maximum absolute atomic E-state index is 13.6. The number of fused-ring (bicyclic) bond motifs is 1. The van der Waals surface area contributed by atoms with Gasteiger partial charge in [-0.3, -0.25) is 14.3 Å². The van der Waals surface area contributed by atoms with Crippen molar-refractivity contribution in [1.82, 2.24) is 14.7 Å². The Labute approximate surface area is 198 Å². The minimum Gasteiger partial charge on any atom is -0.508 e. The van der Waals surface area contributed by atoms with Gasteiger partial charge in [0.05, 0.1) is 22.6 Å². The Hall–Kier alpha value is -3.80. The number of phenolic OH excluding ortho intramolecular Hbond substituents is 1. The first kappa shape index (κ1) is 22.0. The smallest absolute Gasteiger partial charge is 0.279 e. The van der Waals surface area contributed by atoms with Crippen molar-refractivity contribution in [2.45, 2.75) is 44.6 Å². The zero-order valence-electron chi connectivity index (χ0n) is 19.1. The Morgan fingerprint density at radius 2 is 1.68 bits per heavy atom. The summed E-state index contributed by atoms with van der Waals surface area (Å²) in [6.45, 7) is 0.471. The van der Waals surface area contributed by atoms with Crippen molar-refractivity contribution in [3.63, 3.8) is 0 Å². The highest BCUT2D eigenvalue weighted by Gasteiger charge is 2.24. The van der Waals surface area contributed by atoms with Crippen LogP contribution >= 0.6 is 0 Å². The highest BCUT2D eigenvalue weighted by Crippen LogP contribution is 2.31. The van der Waals surface area contributed by atoms with Crippen LogP contribution < -0.4 is 10.9 Å². The van der Waals surface area contributed by atoms with Gasteiger partial charge in [-0.25, -0.2) is 4.68 Å². The molecule has 0 bridgehead atoms. The van der Waals surface area contributed by atoms with Crippen LogP contribution in [0.4, 0.5) is 0 Å². The molecular weight excluding hydrogens is 426 g/mol. The molecule has 1 saturated carbocycles. The first-order valence-electron chi connectivity index (χ1n) is 12.0. The van der Waals surface area contributed by atoms with E-state index in [1.807, 2.05) is 54.6 Å². The molecule has 0 spiro atoms. The van der Waals surface area contributed by atoms with E-state index in [9.17, 15) is 14.7 Å². The van der Waals surface area contributed by atoms with Crippen molar-refractivity contribution in [2.24, 2.45) is 0 Å². The summed E-state index contributed by atoms with van der Waals surface area (Å²) < 4.78 is 3.94. The quantitative estimate of drug-likeness (QED) is 0.431. The van der Waals surface area contributed by atoms with Gasteiger partial charge < -0.3 is 10.4 Å². The number of phenols is 1. The zero-order valence-corrected chi connectivity index (χ0v) is 19.1. The number of nitrogens with one attached hydrogen (secondary N) is 1. The molecule has 1 fully saturated rings. The van der Waals surface area contributed by atoms with Crippen molar-refractivity contribution in [1.29, 1.82) is 0 Å². The van der Waals surface area contributed by atoms with Gasteiger partial charge in [0.2, 0.25) is 0 Å². The standard InChI is InChI=1S/C28H29N3O3/c32-24-14-11-20(12-15-24)17-18-29-27(33)21-13-16-26-25(19-21)28(34)31(23-9-5-2-6-10-23)30(26)22-7-3-1-4-8-22/h2,5-6,9-16,19,22,32H,1,3-4,7-8,17-18H2,(H,29,33). The molecule has 0 saturated heterocycles. The van der Waals surface area contributed by atoms with Crippen molar-refractivity contribution >= 4 is 16.8 Å². The van der Waals surface area contributed by atoms with Crippen LogP contribution in [0.1, 0.15) is 54.1 Å². The van der Waals surface area contributed by atoms with E-state index in [0.29, 0.717) is 23.9 Å². The molecule has 4 aromatic rings. The molecule has 1 amide bonds. The Balaban J connectivity index is 1.45. The number of aromatic nitrogens is 2. The number of amides is 1. The molecule has 0 radical (unpaired) electrons. The van der Waals surface area contributed by atoms with E-state index in [1.165, 1.54) is 6.42 Å². The Kier molecular flexibility index (Phi) is 6.21. The number of hydrogen-bond donors (Lipinski definition) is 2. The average molecular weight is 456 g/mol. The predicted molar refractivity (Wildman–Crippen MR) is 134 cm³/mol. The second-order valence-electron chi connectivity index (χ2n) is 8.99. The van der Waals surface area contributed by atoms with Crippen LogP contribution in [0.15, 0.2) is 77.6 Å². The molecule has 0 atom stereocenters. The zero-order chi connectivity index (χ0) is 23.5. The van der Waals surface area contributed by atoms with Crippen LogP contribution in [-0.2, 0) is 6.42 Å². The summed E-state index contributed by atoms with van der Waals surface area (Å²) in [4.78, 5) is 26.4. The van der Waals surface area contributed by atoms with Crippen LogP contribution in [0.5, 0.6) is 5.75 Å². The monoisotopic (exact) mass is 455 g/mol. The molecule has 1 aromatic heterocycles. The fourth-order valence-electron chi connectivity index (χ4n) is 4.95. The van der Waals surface area contributed by atoms with E-state index < -0.39 is 0 Å². The number of para-hydroxylation sites is 1. The summed E-state index contributed by atoms with van der Waals surface area (Å²) in [5.41, 5.74) is 3.14. The van der Waals surface area contributed by atoms with E-state index in [1.54, 1.807) is 22.9 Å². The van der Waals surface area contributed by atoms with Crippen LogP contribution in [0.3, 0.4) is 0 Å². The van der Waals surface area contributed by atoms with Gasteiger partial charge in [-0.2, -0.15) is 0 Å². The summed E-state index contributed by atoms with van der Waals surface area (Å²) in [6, 6.07) is 22.4. The summed E-state index contributed by atoms with van der Waals surface area (Å²) in [5, 5.41) is 12.9. The Bertz CT molecular complexity index is 1350. The van der Waals surface area contributed by atoms with Gasteiger partial charge in [-0.15, -0.1) is 0 Å². The molecule has 0 aliphatic heterocycles. The molecule has 1 aliphatic carbocycles. The number of nitrogens with zero attached hydrogens (tertiary/aromatic N) is 2. The van der Waals surface area contributed by atoms with Crippen LogP contribution in [-0.4, -0.2) is 26.9 Å². The minimum absolute atomic E-state index is 0.0921. The number of rotatable bonds is 6. The molecule has 6 heteroatoms. The molecule has 3 aromatic carbocycles. The third kappa shape index (κ3) is 4.36. The van der Waals surface area contributed by atoms with Crippen LogP contribution in [0, 0.1) is 0 Å². The van der Waals surface area contributed by atoms with Crippen LogP contribution in [0.25, 0.3) is 16.6 Å². The van der Waals surface area contributed by atoms with Crippen molar-refractivity contribution < 1.29 is 9.90 Å². The van der Waals surface area contributed by atoms with Crippen molar-refractivity contribution in [2.75, 3.05) is 6.54 Å². The van der Waals surface area contributed by atoms with E-state index in [-0.39, 0.29) is 23.3 Å². The second kappa shape index (κ2) is 9.59. The van der Waals surface area contributed by atoms with E-state index >= 15 is 0 Å². The fraction of sp³-hybridized carbons (Fsp3) is 0.286. The van der Waals surface area contributed by atoms with E-state index in [0.717, 1.165) is 42.5 Å². The summed E-state index contributed by atoms with van der Waals surface area (Å²) in [6.07, 6.45) is 6.32. The lowest BCUT2D eigenvalue weighted by Gasteiger charge is -2.26. The van der Waals surface area contributed by atoms with Gasteiger partial charge in [-0.1, -0.05) is 49.6 Å². The number of carbonyl (C=O) groups is 1. The number of benzene rings is 3. The SMILES string of the molecule is O=C(NCCc1ccc(O)cc1)c1ccc2c(c1)c(=O)n(-c1ccccc1)n2C1CCCCC1. The molecule has 174 valence electrons. The van der Waals surface area contributed by atoms with Crippen molar-refractivity contribution in [3.05, 3.63) is 94.3 Å². The largest absolute Gasteiger partial charge is 0.508 e. The lowest BCUT2D eigenvalue weighted by atomic mass is 9.95. The van der Waals surface area contributed by atoms with Gasteiger partial charge in [0.25, 0.3) is 11.5 Å². The lowest BCUT2D eigenvalue weighted by molar-refractivity contribution is 0.0954. The van der Waals surface area contributed by atoms with Gasteiger partial charge >= 0.3 is 0 Å². The molecule has 6 nitrogen and oxygen atoms in total. The molecule has 5 rings (SSSR count). The third-order valence-electron chi connectivity index (χ3n) is 6.70. The van der Waals surface area contributed by atoms with E-state index in [4.69, 9.17) is 0 Å². The lowest BCUT2D eigenvalue weighted by Crippen LogP contribution is -2.26. The Morgan fingerprint density at radius 3 is 2.41 bits per heavy atom. The molecule has 2 N–H and O–H groups in total. The average Bonchev–Trinajstić information content (AvgIpc) is 3.18. The normalized spacial score (nSPS) is 14.4. The second-order valence-corrected chi connectivity index (χ2v) is 8.99. The maximum Gasteiger partial charge on any atom is 0.279 e. The number of carbonyl (C=O) groups excluding carboxylic acids is 1. The first-order valence-corrected chi connectivity index (χ1v) is 12.0. The molecule has 34 heavy (non-hydrogen) atoms. The number of hydrogen-bond acceptors (Lipinski definition) is 3. The first-order chi connectivity index (χ1) is 16.6. The highest BCUT2D eigenvalue weighted by molar-refractivity contribution is 5.98. The third-order valence-corrected chi connectivity index (χ3v) is 6.70. The summed E-state index contributed by atoms with van der Waals surface area (Å²) >= 11 is 0. The molecular formula is C28H29N3O3. The molecule has 1 heterocycles. The summed E-state index contributed by atoms with van der Waals surface area (Å²) in [7, 11) is 0. The highest BCUT2D eigenvalue weighted by atomic mass is 16.3. The predicted octanol–water partition coefficient (Wildman–Crippen LogP) is 4.98. The number of aromatic hydroxyl groups is 1. The topological polar surface area (TPSA) is 76.3 Å². The van der Waals surface area contributed by atoms with Gasteiger partial charge in [0, 0.05) is 12.1 Å². The minimum atomic E-state index is -0.197. The molecule has 1 aliphatic rings. The van der Waals surface area contributed by atoms with Crippen molar-refractivity contribution in [3.8, 4) is 11.4 Å².